The first-order valence-corrected chi connectivity index (χ1v) is 7.31. The molecule has 4 nitrogen and oxygen atoms in total. The molecule has 0 radical (unpaired) electrons. The van der Waals surface area contributed by atoms with Crippen molar-refractivity contribution in [1.82, 2.24) is 10.3 Å². The largest absolute Gasteiger partial charge is 0.316 e. The average molecular weight is 236 g/mol. The summed E-state index contributed by atoms with van der Waals surface area (Å²) < 4.78 is 0. The first kappa shape index (κ1) is 11.5. The van der Waals surface area contributed by atoms with Crippen LogP contribution in [0, 0.1) is 5.92 Å². The lowest BCUT2D eigenvalue weighted by Gasteiger charge is -2.38. The van der Waals surface area contributed by atoms with Crippen LogP contribution in [0.4, 0.5) is 0 Å². The second kappa shape index (κ2) is 5.34. The highest BCUT2D eigenvalue weighted by Crippen LogP contribution is 2.31. The molecule has 2 fully saturated rings. The smallest absolute Gasteiger partial charge is 0.0844 e. The Morgan fingerprint density at radius 3 is 2.65 bits per heavy atom. The van der Waals surface area contributed by atoms with Gasteiger partial charge in [-0.1, -0.05) is 24.5 Å². The van der Waals surface area contributed by atoms with Crippen LogP contribution in [0.1, 0.15) is 44.9 Å². The summed E-state index contributed by atoms with van der Waals surface area (Å²) in [6.07, 6.45) is 9.51. The average Bonchev–Trinajstić information content (AvgIpc) is 2.90. The predicted molar refractivity (Wildman–Crippen MR) is 67.8 cm³/mol. The van der Waals surface area contributed by atoms with Gasteiger partial charge in [-0.05, 0) is 38.1 Å². The lowest BCUT2D eigenvalue weighted by Crippen LogP contribution is -2.47. The van der Waals surface area contributed by atoms with Crippen molar-refractivity contribution in [2.45, 2.75) is 57.0 Å². The highest BCUT2D eigenvalue weighted by Gasteiger charge is 2.35. The van der Waals surface area contributed by atoms with E-state index in [1.54, 1.807) is 0 Å². The van der Waals surface area contributed by atoms with Gasteiger partial charge in [-0.25, -0.2) is 0 Å². The van der Waals surface area contributed by atoms with Crippen molar-refractivity contribution in [1.29, 1.82) is 0 Å². The molecule has 0 amide bonds. The Kier molecular flexibility index (Phi) is 3.60. The summed E-state index contributed by atoms with van der Waals surface area (Å²) in [5.74, 6) is 0.765. The van der Waals surface area contributed by atoms with E-state index in [2.05, 4.69) is 20.7 Å². The molecule has 17 heavy (non-hydrogen) atoms. The zero-order valence-electron chi connectivity index (χ0n) is 10.6. The van der Waals surface area contributed by atoms with Crippen LogP contribution in [0.15, 0.2) is 10.3 Å². The summed E-state index contributed by atoms with van der Waals surface area (Å²) in [6.45, 7) is 3.29. The molecule has 0 spiro atoms. The van der Waals surface area contributed by atoms with E-state index in [1.807, 2.05) is 0 Å². The van der Waals surface area contributed by atoms with Crippen molar-refractivity contribution in [2.75, 3.05) is 19.6 Å². The maximum absolute atomic E-state index is 4.45. The number of rotatable bonds is 2. The Bertz CT molecular complexity index is 267. The molecule has 0 aromatic carbocycles. The quantitative estimate of drug-likeness (QED) is 0.799. The van der Waals surface area contributed by atoms with Gasteiger partial charge in [0, 0.05) is 12.6 Å². The van der Waals surface area contributed by atoms with Gasteiger partial charge in [0.15, 0.2) is 0 Å². The second-order valence-electron chi connectivity index (χ2n) is 5.76. The summed E-state index contributed by atoms with van der Waals surface area (Å²) in [5, 5.41) is 14.7. The summed E-state index contributed by atoms with van der Waals surface area (Å²) in [4.78, 5) is 0. The summed E-state index contributed by atoms with van der Waals surface area (Å²) >= 11 is 0. The van der Waals surface area contributed by atoms with Gasteiger partial charge in [-0.2, -0.15) is 5.11 Å². The molecule has 2 unspecified atom stereocenters. The molecule has 2 heterocycles. The van der Waals surface area contributed by atoms with Crippen LogP contribution in [0.5, 0.6) is 0 Å². The van der Waals surface area contributed by atoms with Crippen LogP contribution in [-0.2, 0) is 0 Å². The topological polar surface area (TPSA) is 40.0 Å². The van der Waals surface area contributed by atoms with Gasteiger partial charge in [0.05, 0.1) is 12.6 Å². The van der Waals surface area contributed by atoms with Gasteiger partial charge in [0.2, 0.25) is 0 Å². The fourth-order valence-corrected chi connectivity index (χ4v) is 3.60. The molecule has 1 saturated carbocycles. The normalized spacial score (nSPS) is 35.4. The van der Waals surface area contributed by atoms with E-state index in [0.29, 0.717) is 12.1 Å². The molecule has 1 saturated heterocycles. The summed E-state index contributed by atoms with van der Waals surface area (Å²) in [7, 11) is 0. The third-order valence-electron chi connectivity index (χ3n) is 4.60. The lowest BCUT2D eigenvalue weighted by molar-refractivity contribution is 0.0862. The maximum atomic E-state index is 4.45. The third kappa shape index (κ3) is 2.46. The zero-order chi connectivity index (χ0) is 11.5. The van der Waals surface area contributed by atoms with E-state index < -0.39 is 0 Å². The van der Waals surface area contributed by atoms with E-state index >= 15 is 0 Å². The second-order valence-corrected chi connectivity index (χ2v) is 5.76. The standard InChI is InChI=1S/C13H24N4/c1-2-6-12(7-3-1)17-13(10-15-16-17)11-5-4-8-14-9-11/h11-14H,1-10H2. The van der Waals surface area contributed by atoms with Crippen LogP contribution < -0.4 is 5.32 Å². The Hall–Kier alpha value is -0.640. The summed E-state index contributed by atoms with van der Waals surface area (Å²) in [6, 6.07) is 1.27. The Morgan fingerprint density at radius 2 is 1.88 bits per heavy atom. The number of piperidine rings is 1. The van der Waals surface area contributed by atoms with Gasteiger partial charge in [-0.15, -0.1) is 0 Å². The van der Waals surface area contributed by atoms with E-state index in [9.17, 15) is 0 Å². The fraction of sp³-hybridized carbons (Fsp3) is 1.00. The molecule has 3 aliphatic rings. The van der Waals surface area contributed by atoms with Crippen molar-refractivity contribution in [3.63, 3.8) is 0 Å². The molecule has 1 aliphatic carbocycles. The van der Waals surface area contributed by atoms with Crippen LogP contribution in [0.25, 0.3) is 0 Å². The molecular formula is C13H24N4. The van der Waals surface area contributed by atoms with Gasteiger partial charge < -0.3 is 5.32 Å². The third-order valence-corrected chi connectivity index (χ3v) is 4.60. The SMILES string of the molecule is C1CCC(N2N=NCC2C2CCCNC2)CC1. The molecule has 2 aliphatic heterocycles. The van der Waals surface area contributed by atoms with E-state index in [-0.39, 0.29) is 0 Å². The number of hydrogen-bond acceptors (Lipinski definition) is 4. The van der Waals surface area contributed by atoms with Gasteiger partial charge in [0.25, 0.3) is 0 Å². The Labute approximate surface area is 104 Å². The minimum Gasteiger partial charge on any atom is -0.316 e. The minimum atomic E-state index is 0.589. The van der Waals surface area contributed by atoms with Crippen LogP contribution >= 0.6 is 0 Å². The summed E-state index contributed by atoms with van der Waals surface area (Å²) in [5.41, 5.74) is 0. The van der Waals surface area contributed by atoms with Crippen molar-refractivity contribution < 1.29 is 0 Å². The number of hydrogen-bond donors (Lipinski definition) is 1. The molecule has 0 aromatic heterocycles. The number of nitrogens with one attached hydrogen (secondary N) is 1. The van der Waals surface area contributed by atoms with Crippen molar-refractivity contribution in [3.8, 4) is 0 Å². The van der Waals surface area contributed by atoms with E-state index in [1.165, 1.54) is 58.0 Å². The molecule has 96 valence electrons. The molecule has 1 N–H and O–H groups in total. The molecule has 2 atom stereocenters. The first-order chi connectivity index (χ1) is 8.45. The van der Waals surface area contributed by atoms with E-state index in [4.69, 9.17) is 0 Å². The minimum absolute atomic E-state index is 0.589. The maximum Gasteiger partial charge on any atom is 0.0844 e. The van der Waals surface area contributed by atoms with Crippen LogP contribution in [-0.4, -0.2) is 36.7 Å². The van der Waals surface area contributed by atoms with Crippen LogP contribution in [0.3, 0.4) is 0 Å². The van der Waals surface area contributed by atoms with Crippen molar-refractivity contribution >= 4 is 0 Å². The molecule has 0 bridgehead atoms. The molecule has 3 rings (SSSR count). The molecule has 0 aromatic rings. The fourth-order valence-electron chi connectivity index (χ4n) is 3.60. The zero-order valence-corrected chi connectivity index (χ0v) is 10.6. The monoisotopic (exact) mass is 236 g/mol. The van der Waals surface area contributed by atoms with Gasteiger partial charge in [-0.3, -0.25) is 5.01 Å². The molecular weight excluding hydrogens is 212 g/mol. The number of nitrogens with zero attached hydrogens (tertiary/aromatic N) is 3. The lowest BCUT2D eigenvalue weighted by atomic mass is 9.88. The van der Waals surface area contributed by atoms with Crippen molar-refractivity contribution in [2.24, 2.45) is 16.3 Å². The molecule has 4 heteroatoms. The Morgan fingerprint density at radius 1 is 1.00 bits per heavy atom. The predicted octanol–water partition coefficient (Wildman–Crippen LogP) is 2.37. The highest BCUT2D eigenvalue weighted by molar-refractivity contribution is 4.89. The Balaban J connectivity index is 1.63. The van der Waals surface area contributed by atoms with Gasteiger partial charge in [0.1, 0.15) is 0 Å². The van der Waals surface area contributed by atoms with Crippen molar-refractivity contribution in [3.05, 3.63) is 0 Å². The first-order valence-electron chi connectivity index (χ1n) is 7.31. The van der Waals surface area contributed by atoms with Crippen LogP contribution in [0.2, 0.25) is 0 Å². The van der Waals surface area contributed by atoms with Gasteiger partial charge >= 0.3 is 0 Å². The highest BCUT2D eigenvalue weighted by atomic mass is 15.6. The van der Waals surface area contributed by atoms with E-state index in [0.717, 1.165) is 12.5 Å².